The van der Waals surface area contributed by atoms with Crippen molar-refractivity contribution >= 4 is 0 Å². The van der Waals surface area contributed by atoms with Crippen molar-refractivity contribution in [3.05, 3.63) is 0 Å². The van der Waals surface area contributed by atoms with Crippen molar-refractivity contribution in [3.8, 4) is 0 Å². The van der Waals surface area contributed by atoms with Gasteiger partial charge >= 0.3 is 29.9 Å². The smallest absolute Gasteiger partial charge is 1.00 e. The van der Waals surface area contributed by atoms with Gasteiger partial charge in [0.25, 0.3) is 0 Å². The summed E-state index contributed by atoms with van der Waals surface area (Å²) < 4.78 is 0. The molecule has 0 saturated heterocycles. The van der Waals surface area contributed by atoms with E-state index in [-0.39, 0.29) is 67.2 Å². The molecule has 0 saturated carbocycles. The molecule has 0 heterocycles. The summed E-state index contributed by atoms with van der Waals surface area (Å²) in [5, 5.41) is 0. The molecule has 0 nitrogen and oxygen atoms in total. The first-order valence-electron chi connectivity index (χ1n) is 0. The standard InChI is InChI=1S/3ClH.Np/h3*1H;/q;;;+3/p-3. The van der Waals surface area contributed by atoms with E-state index in [1.54, 1.807) is 0 Å². The topological polar surface area (TPSA) is 0 Å². The normalized spacial score (nSPS) is 0. The first-order chi connectivity index (χ1) is 0. The maximum atomic E-state index is 0. The van der Waals surface area contributed by atoms with E-state index < -0.39 is 0 Å². The van der Waals surface area contributed by atoms with Crippen molar-refractivity contribution in [1.82, 2.24) is 0 Å². The van der Waals surface area contributed by atoms with Crippen LogP contribution in [0, 0.1) is 29.9 Å². The summed E-state index contributed by atoms with van der Waals surface area (Å²) in [6.45, 7) is 0. The molecule has 0 N–H and O–H groups in total. The number of halogens is 3. The second-order valence-corrected chi connectivity index (χ2v) is 0. The van der Waals surface area contributed by atoms with Gasteiger partial charge in [0.15, 0.2) is 0 Å². The second-order valence-electron chi connectivity index (χ2n) is 0. The van der Waals surface area contributed by atoms with Crippen LogP contribution in [0.15, 0.2) is 0 Å². The van der Waals surface area contributed by atoms with Crippen molar-refractivity contribution in [1.29, 1.82) is 0 Å². The second kappa shape index (κ2) is 20.8. The molecule has 0 aliphatic heterocycles. The van der Waals surface area contributed by atoms with E-state index in [0.717, 1.165) is 0 Å². The first kappa shape index (κ1) is 39.6. The van der Waals surface area contributed by atoms with Crippen LogP contribution < -0.4 is 37.2 Å². The molecule has 0 spiro atoms. The van der Waals surface area contributed by atoms with Crippen molar-refractivity contribution in [2.24, 2.45) is 0 Å². The van der Waals surface area contributed by atoms with E-state index >= 15 is 0 Å². The molecule has 0 aliphatic carbocycles. The molecule has 0 fully saturated rings. The Hall–Kier alpha value is 1.88. The molecule has 26 valence electrons. The van der Waals surface area contributed by atoms with Gasteiger partial charge in [-0.25, -0.2) is 0 Å². The summed E-state index contributed by atoms with van der Waals surface area (Å²) in [4.78, 5) is 0. The first-order valence-corrected chi connectivity index (χ1v) is 0. The fourth-order valence-corrected chi connectivity index (χ4v) is 0. The fraction of sp³-hybridized carbons (Fsp3) is 0. The van der Waals surface area contributed by atoms with Crippen LogP contribution in [0.4, 0.5) is 0 Å². The molecule has 0 aromatic heterocycles. The molecule has 4 heteroatoms. The van der Waals surface area contributed by atoms with E-state index in [4.69, 9.17) is 0 Å². The monoisotopic (exact) mass is 341 g/mol. The maximum absolute atomic E-state index is 0. The predicted molar refractivity (Wildman–Crippen MR) is 0 cm³/mol. The van der Waals surface area contributed by atoms with Gasteiger partial charge in [0.1, 0.15) is 0 Å². The Morgan fingerprint density at radius 2 is 0.500 bits per heavy atom. The molecular weight excluding hydrogens is 343 g/mol. The fourth-order valence-electron chi connectivity index (χ4n) is 0. The van der Waals surface area contributed by atoms with Gasteiger partial charge in [0.2, 0.25) is 0 Å². The van der Waals surface area contributed by atoms with E-state index in [0.29, 0.717) is 0 Å². The van der Waals surface area contributed by atoms with Gasteiger partial charge < -0.3 is 37.2 Å². The van der Waals surface area contributed by atoms with Crippen LogP contribution >= 0.6 is 0 Å². The zero-order chi connectivity index (χ0) is 0. The number of hydrogen-bond donors (Lipinski definition) is 0. The Morgan fingerprint density at radius 1 is 0.500 bits per heavy atom. The molecule has 0 aromatic rings. The van der Waals surface area contributed by atoms with Crippen LogP contribution in [0.3, 0.4) is 0 Å². The minimum atomic E-state index is 0. The SMILES string of the molecule is [Cl-].[Cl-].[Cl-].[Np+3]. The zero-order valence-electron chi connectivity index (χ0n) is 1.58. The minimum Gasteiger partial charge on any atom is -1.00 e. The van der Waals surface area contributed by atoms with Crippen molar-refractivity contribution in [3.63, 3.8) is 0 Å². The molecule has 0 amide bonds. The van der Waals surface area contributed by atoms with Crippen LogP contribution in [-0.4, -0.2) is 0 Å². The van der Waals surface area contributed by atoms with Crippen LogP contribution in [0.1, 0.15) is 0 Å². The predicted octanol–water partition coefficient (Wildman–Crippen LogP) is -8.99. The van der Waals surface area contributed by atoms with Crippen LogP contribution in [0.2, 0.25) is 0 Å². The van der Waals surface area contributed by atoms with Gasteiger partial charge in [0, 0.05) is 0 Å². The van der Waals surface area contributed by atoms with Gasteiger partial charge in [-0.15, -0.1) is 0 Å². The number of rotatable bonds is 0. The third-order valence-corrected chi connectivity index (χ3v) is 0. The zero-order valence-corrected chi connectivity index (χ0v) is 7.57. The summed E-state index contributed by atoms with van der Waals surface area (Å²) in [5.41, 5.74) is 0. The Kier molecular flexibility index (Phi) is 205. The van der Waals surface area contributed by atoms with E-state index in [2.05, 4.69) is 0 Å². The molecule has 0 unspecified atom stereocenters. The molecule has 0 aliphatic rings. The molecule has 4 heavy (non-hydrogen) atoms. The van der Waals surface area contributed by atoms with Gasteiger partial charge in [-0.1, -0.05) is 0 Å². The summed E-state index contributed by atoms with van der Waals surface area (Å²) in [5.74, 6) is 0. The average Bonchev–Trinajstić information content (AvgIpc) is 0. The van der Waals surface area contributed by atoms with E-state index in [9.17, 15) is 0 Å². The summed E-state index contributed by atoms with van der Waals surface area (Å²) in [6, 6.07) is 0. The number of hydrogen-bond acceptors (Lipinski definition) is 0. The van der Waals surface area contributed by atoms with Crippen molar-refractivity contribution < 1.29 is 67.2 Å². The Bertz CT molecular complexity index is 3.25. The van der Waals surface area contributed by atoms with Crippen molar-refractivity contribution in [2.45, 2.75) is 0 Å². The summed E-state index contributed by atoms with van der Waals surface area (Å²) in [7, 11) is 0. The summed E-state index contributed by atoms with van der Waals surface area (Å²) >= 11 is 0. The van der Waals surface area contributed by atoms with E-state index in [1.165, 1.54) is 0 Å². The minimum absolute atomic E-state index is 0. The average molecular weight is 343 g/mol. The molecule has 0 radical (unpaired) electrons. The molecule has 0 bridgehead atoms. The van der Waals surface area contributed by atoms with E-state index in [1.807, 2.05) is 0 Å². The molecule has 0 aromatic carbocycles. The van der Waals surface area contributed by atoms with Crippen molar-refractivity contribution in [2.75, 3.05) is 0 Å². The Morgan fingerprint density at radius 3 is 0.500 bits per heavy atom. The van der Waals surface area contributed by atoms with Crippen LogP contribution in [0.5, 0.6) is 0 Å². The maximum Gasteiger partial charge on any atom is 3.00 e. The summed E-state index contributed by atoms with van der Waals surface area (Å²) in [6.07, 6.45) is 0. The van der Waals surface area contributed by atoms with Crippen LogP contribution in [0.25, 0.3) is 0 Å². The quantitative estimate of drug-likeness (QED) is 0.410. The largest absolute Gasteiger partial charge is 3.00 e. The van der Waals surface area contributed by atoms with Gasteiger partial charge in [0.05, 0.1) is 0 Å². The molecule has 0 atom stereocenters. The Balaban J connectivity index is 0. The Labute approximate surface area is 66.6 Å². The van der Waals surface area contributed by atoms with Crippen LogP contribution in [-0.2, 0) is 0 Å². The van der Waals surface area contributed by atoms with Gasteiger partial charge in [-0.05, 0) is 0 Å². The molecule has 0 rings (SSSR count). The van der Waals surface area contributed by atoms with Gasteiger partial charge in [-0.2, -0.15) is 0 Å². The van der Waals surface area contributed by atoms with Gasteiger partial charge in [-0.3, -0.25) is 0 Å². The third kappa shape index (κ3) is 9.10. The third-order valence-electron chi connectivity index (χ3n) is 0. The molecular formula is Cl3Np.